The molecule has 17 heavy (non-hydrogen) atoms. The van der Waals surface area contributed by atoms with E-state index < -0.39 is 0 Å². The number of hydrogen-bond acceptors (Lipinski definition) is 4. The van der Waals surface area contributed by atoms with E-state index in [2.05, 4.69) is 15.5 Å². The first-order valence-electron chi connectivity index (χ1n) is 5.09. The molecule has 6 heteroatoms. The van der Waals surface area contributed by atoms with E-state index in [9.17, 15) is 0 Å². The summed E-state index contributed by atoms with van der Waals surface area (Å²) in [4.78, 5) is 4.08. The van der Waals surface area contributed by atoms with Crippen LogP contribution in [0.5, 0.6) is 0 Å². The Kier molecular flexibility index (Phi) is 3.99. The van der Waals surface area contributed by atoms with Crippen LogP contribution in [0.3, 0.4) is 0 Å². The van der Waals surface area contributed by atoms with Crippen molar-refractivity contribution in [2.24, 2.45) is 0 Å². The van der Waals surface area contributed by atoms with Gasteiger partial charge < -0.3 is 9.84 Å². The molecule has 2 aromatic rings. The fraction of sp³-hybridized carbons (Fsp3) is 0.273. The van der Waals surface area contributed by atoms with Gasteiger partial charge in [-0.25, -0.2) is 0 Å². The fourth-order valence-electron chi connectivity index (χ4n) is 1.40. The van der Waals surface area contributed by atoms with Crippen LogP contribution in [0.1, 0.15) is 17.3 Å². The molecule has 0 radical (unpaired) electrons. The summed E-state index contributed by atoms with van der Waals surface area (Å²) in [6.07, 6.45) is 0. The monoisotopic (exact) mass is 271 g/mol. The molecule has 0 aliphatic rings. The number of hydrogen-bond donors (Lipinski definition) is 1. The van der Waals surface area contributed by atoms with Crippen LogP contribution in [0.4, 0.5) is 0 Å². The predicted molar refractivity (Wildman–Crippen MR) is 66.0 cm³/mol. The molecule has 1 aromatic heterocycles. The second-order valence-corrected chi connectivity index (χ2v) is 4.34. The molecule has 0 fully saturated rings. The lowest BCUT2D eigenvalue weighted by atomic mass is 10.2. The topological polar surface area (TPSA) is 51.0 Å². The van der Waals surface area contributed by atoms with E-state index in [1.807, 2.05) is 12.1 Å². The van der Waals surface area contributed by atoms with Gasteiger partial charge in [-0.05, 0) is 18.6 Å². The van der Waals surface area contributed by atoms with Crippen LogP contribution in [-0.2, 0) is 13.1 Å². The molecule has 0 saturated carbocycles. The van der Waals surface area contributed by atoms with Gasteiger partial charge in [0.25, 0.3) is 0 Å². The highest BCUT2D eigenvalue weighted by Crippen LogP contribution is 2.25. The van der Waals surface area contributed by atoms with Gasteiger partial charge >= 0.3 is 0 Å². The Balaban J connectivity index is 1.92. The maximum atomic E-state index is 6.06. The fourth-order valence-corrected chi connectivity index (χ4v) is 1.79. The SMILES string of the molecule is Cc1noc(CNCc2cccc(Cl)c2Cl)n1. The van der Waals surface area contributed by atoms with Crippen molar-refractivity contribution in [1.82, 2.24) is 15.5 Å². The molecule has 0 bridgehead atoms. The van der Waals surface area contributed by atoms with Gasteiger partial charge in [-0.15, -0.1) is 0 Å². The highest BCUT2D eigenvalue weighted by Gasteiger charge is 2.05. The van der Waals surface area contributed by atoms with E-state index in [-0.39, 0.29) is 0 Å². The maximum absolute atomic E-state index is 6.06. The summed E-state index contributed by atoms with van der Waals surface area (Å²) in [6, 6.07) is 5.54. The van der Waals surface area contributed by atoms with E-state index >= 15 is 0 Å². The molecule has 0 atom stereocenters. The maximum Gasteiger partial charge on any atom is 0.240 e. The van der Waals surface area contributed by atoms with Crippen molar-refractivity contribution in [2.45, 2.75) is 20.0 Å². The number of halogens is 2. The highest BCUT2D eigenvalue weighted by molar-refractivity contribution is 6.42. The number of aromatic nitrogens is 2. The van der Waals surface area contributed by atoms with Crippen molar-refractivity contribution in [3.8, 4) is 0 Å². The smallest absolute Gasteiger partial charge is 0.240 e. The minimum Gasteiger partial charge on any atom is -0.338 e. The molecule has 0 aliphatic carbocycles. The molecular formula is C11H11Cl2N3O. The van der Waals surface area contributed by atoms with Crippen LogP contribution in [0, 0.1) is 6.92 Å². The second kappa shape index (κ2) is 5.49. The number of nitrogens with zero attached hydrogens (tertiary/aromatic N) is 2. The van der Waals surface area contributed by atoms with E-state index in [0.717, 1.165) is 5.56 Å². The first-order chi connectivity index (χ1) is 8.16. The van der Waals surface area contributed by atoms with E-state index in [4.69, 9.17) is 27.7 Å². The van der Waals surface area contributed by atoms with Gasteiger partial charge in [-0.1, -0.05) is 40.5 Å². The Bertz CT molecular complexity index is 513. The summed E-state index contributed by atoms with van der Waals surface area (Å²) in [7, 11) is 0. The highest BCUT2D eigenvalue weighted by atomic mass is 35.5. The second-order valence-electron chi connectivity index (χ2n) is 3.55. The normalized spacial score (nSPS) is 10.8. The zero-order valence-electron chi connectivity index (χ0n) is 9.20. The molecule has 90 valence electrons. The Morgan fingerprint density at radius 1 is 1.29 bits per heavy atom. The molecule has 4 nitrogen and oxygen atoms in total. The van der Waals surface area contributed by atoms with Crippen LogP contribution in [0.25, 0.3) is 0 Å². The summed E-state index contributed by atoms with van der Waals surface area (Å²) < 4.78 is 4.97. The predicted octanol–water partition coefficient (Wildman–Crippen LogP) is 2.97. The molecule has 1 aromatic carbocycles. The lowest BCUT2D eigenvalue weighted by Crippen LogP contribution is -2.13. The molecule has 1 N–H and O–H groups in total. The van der Waals surface area contributed by atoms with Gasteiger partial charge in [-0.2, -0.15) is 4.98 Å². The van der Waals surface area contributed by atoms with Crippen molar-refractivity contribution < 1.29 is 4.52 Å². The minimum absolute atomic E-state index is 0.504. The Morgan fingerprint density at radius 2 is 2.12 bits per heavy atom. The molecule has 0 unspecified atom stereocenters. The zero-order valence-corrected chi connectivity index (χ0v) is 10.7. The lowest BCUT2D eigenvalue weighted by Gasteiger charge is -2.05. The molecule has 0 aliphatic heterocycles. The lowest BCUT2D eigenvalue weighted by molar-refractivity contribution is 0.364. The standard InChI is InChI=1S/C11H11Cl2N3O/c1-7-15-10(17-16-7)6-14-5-8-3-2-4-9(12)11(8)13/h2-4,14H,5-6H2,1H3. The molecule has 0 spiro atoms. The average Bonchev–Trinajstić information content (AvgIpc) is 2.70. The third kappa shape index (κ3) is 3.19. The van der Waals surface area contributed by atoms with Crippen molar-refractivity contribution >= 4 is 23.2 Å². The van der Waals surface area contributed by atoms with Gasteiger partial charge in [0.15, 0.2) is 5.82 Å². The number of nitrogens with one attached hydrogen (secondary N) is 1. The largest absolute Gasteiger partial charge is 0.338 e. The molecule has 0 amide bonds. The van der Waals surface area contributed by atoms with Crippen LogP contribution >= 0.6 is 23.2 Å². The van der Waals surface area contributed by atoms with Crippen LogP contribution in [-0.4, -0.2) is 10.1 Å². The summed E-state index contributed by atoms with van der Waals surface area (Å²) >= 11 is 12.0. The zero-order chi connectivity index (χ0) is 12.3. The quantitative estimate of drug-likeness (QED) is 0.929. The Hall–Kier alpha value is -1.10. The van der Waals surface area contributed by atoms with Crippen LogP contribution in [0.2, 0.25) is 10.0 Å². The number of aryl methyl sites for hydroxylation is 1. The Morgan fingerprint density at radius 3 is 2.82 bits per heavy atom. The van der Waals surface area contributed by atoms with Gasteiger partial charge in [-0.3, -0.25) is 0 Å². The average molecular weight is 272 g/mol. The van der Waals surface area contributed by atoms with Gasteiger partial charge in [0.1, 0.15) is 0 Å². The van der Waals surface area contributed by atoms with Crippen molar-refractivity contribution in [1.29, 1.82) is 0 Å². The minimum atomic E-state index is 0.504. The molecule has 2 rings (SSSR count). The third-order valence-electron chi connectivity index (χ3n) is 2.19. The number of benzene rings is 1. The first-order valence-corrected chi connectivity index (χ1v) is 5.85. The Labute approximate surface area is 109 Å². The van der Waals surface area contributed by atoms with E-state index in [1.54, 1.807) is 13.0 Å². The third-order valence-corrected chi connectivity index (χ3v) is 3.05. The van der Waals surface area contributed by atoms with Crippen molar-refractivity contribution in [2.75, 3.05) is 0 Å². The van der Waals surface area contributed by atoms with Gasteiger partial charge in [0.2, 0.25) is 5.89 Å². The van der Waals surface area contributed by atoms with Crippen LogP contribution in [0.15, 0.2) is 22.7 Å². The summed E-state index contributed by atoms with van der Waals surface area (Å²) in [5.74, 6) is 1.18. The summed E-state index contributed by atoms with van der Waals surface area (Å²) in [6.45, 7) is 2.88. The van der Waals surface area contributed by atoms with Crippen molar-refractivity contribution in [3.05, 3.63) is 45.5 Å². The molecule has 0 saturated heterocycles. The van der Waals surface area contributed by atoms with E-state index in [1.165, 1.54) is 0 Å². The van der Waals surface area contributed by atoms with E-state index in [0.29, 0.717) is 34.8 Å². The molecule has 1 heterocycles. The number of rotatable bonds is 4. The molecular weight excluding hydrogens is 261 g/mol. The van der Waals surface area contributed by atoms with Crippen LogP contribution < -0.4 is 5.32 Å². The summed E-state index contributed by atoms with van der Waals surface area (Å²) in [5.41, 5.74) is 0.940. The summed E-state index contributed by atoms with van der Waals surface area (Å²) in [5, 5.41) is 7.99. The van der Waals surface area contributed by atoms with Gasteiger partial charge in [0, 0.05) is 6.54 Å². The van der Waals surface area contributed by atoms with Crippen molar-refractivity contribution in [3.63, 3.8) is 0 Å². The first kappa shape index (κ1) is 12.4. The van der Waals surface area contributed by atoms with Gasteiger partial charge in [0.05, 0.1) is 16.6 Å².